The summed E-state index contributed by atoms with van der Waals surface area (Å²) in [6.07, 6.45) is 6.64. The summed E-state index contributed by atoms with van der Waals surface area (Å²) >= 11 is 1.47. The van der Waals surface area contributed by atoms with Gasteiger partial charge in [0.25, 0.3) is 5.91 Å². The van der Waals surface area contributed by atoms with Crippen LogP contribution in [0.25, 0.3) is 0 Å². The molecule has 4 rings (SSSR count). The van der Waals surface area contributed by atoms with Gasteiger partial charge >= 0.3 is 0 Å². The summed E-state index contributed by atoms with van der Waals surface area (Å²) in [7, 11) is 1.77. The zero-order valence-corrected chi connectivity index (χ0v) is 15.3. The molecule has 0 aliphatic heterocycles. The minimum absolute atomic E-state index is 0.146. The predicted octanol–water partition coefficient (Wildman–Crippen LogP) is 2.85. The number of thioether (sulfide) groups is 1. The predicted molar refractivity (Wildman–Crippen MR) is 96.7 cm³/mol. The molecule has 1 aliphatic carbocycles. The number of aromatic nitrogens is 4. The van der Waals surface area contributed by atoms with E-state index in [9.17, 15) is 4.79 Å². The van der Waals surface area contributed by atoms with Crippen LogP contribution in [0.1, 0.15) is 39.7 Å². The van der Waals surface area contributed by atoms with Crippen molar-refractivity contribution in [3.8, 4) is 0 Å². The van der Waals surface area contributed by atoms with Crippen molar-refractivity contribution < 1.29 is 9.21 Å². The van der Waals surface area contributed by atoms with Crippen LogP contribution in [0, 0.1) is 0 Å². The summed E-state index contributed by atoms with van der Waals surface area (Å²) in [5, 5.41) is 8.12. The van der Waals surface area contributed by atoms with E-state index in [1.807, 2.05) is 6.07 Å². The summed E-state index contributed by atoms with van der Waals surface area (Å²) in [6, 6.07) is 5.32. The van der Waals surface area contributed by atoms with Gasteiger partial charge in [-0.1, -0.05) is 11.8 Å². The Morgan fingerprint density at radius 1 is 1.31 bits per heavy atom. The van der Waals surface area contributed by atoms with E-state index in [0.717, 1.165) is 30.7 Å². The molecule has 1 amide bonds. The van der Waals surface area contributed by atoms with Crippen molar-refractivity contribution in [1.82, 2.24) is 25.1 Å². The van der Waals surface area contributed by atoms with Crippen LogP contribution in [-0.4, -0.2) is 38.0 Å². The Labute approximate surface area is 155 Å². The van der Waals surface area contributed by atoms with Gasteiger partial charge in [0.15, 0.2) is 10.9 Å². The normalized spacial score (nSPS) is 13.0. The molecule has 0 saturated carbocycles. The van der Waals surface area contributed by atoms with E-state index in [2.05, 4.69) is 20.2 Å². The van der Waals surface area contributed by atoms with Crippen molar-refractivity contribution in [3.63, 3.8) is 0 Å². The van der Waals surface area contributed by atoms with Gasteiger partial charge < -0.3 is 9.32 Å². The number of carbonyl (C=O) groups is 1. The third-order valence-electron chi connectivity index (χ3n) is 4.38. The van der Waals surface area contributed by atoms with E-state index in [0.29, 0.717) is 23.2 Å². The number of hydrogen-bond donors (Lipinski definition) is 1. The molecule has 8 heteroatoms. The third-order valence-corrected chi connectivity index (χ3v) is 5.28. The van der Waals surface area contributed by atoms with Gasteiger partial charge in [-0.3, -0.25) is 9.89 Å². The van der Waals surface area contributed by atoms with Crippen LogP contribution in [0.4, 0.5) is 0 Å². The van der Waals surface area contributed by atoms with E-state index in [1.165, 1.54) is 23.0 Å². The van der Waals surface area contributed by atoms with Crippen LogP contribution in [0.15, 0.2) is 40.2 Å². The lowest BCUT2D eigenvalue weighted by molar-refractivity contribution is 0.0750. The number of carbonyl (C=O) groups excluding carboxylic acids is 1. The zero-order chi connectivity index (χ0) is 17.9. The SMILES string of the molecule is CN(Cc1n[nH]c2c1CCC2)C(=O)c1ccc(CSc2ncccn2)o1. The first-order valence-corrected chi connectivity index (χ1v) is 9.48. The highest BCUT2D eigenvalue weighted by Gasteiger charge is 2.22. The van der Waals surface area contributed by atoms with Crippen molar-refractivity contribution in [3.05, 3.63) is 59.1 Å². The third kappa shape index (κ3) is 3.50. The van der Waals surface area contributed by atoms with Crippen LogP contribution in [-0.2, 0) is 25.1 Å². The Morgan fingerprint density at radius 3 is 3.00 bits per heavy atom. The highest BCUT2D eigenvalue weighted by atomic mass is 32.2. The molecule has 0 fully saturated rings. The number of aryl methyl sites for hydroxylation is 1. The van der Waals surface area contributed by atoms with Crippen LogP contribution in [0.3, 0.4) is 0 Å². The fourth-order valence-corrected chi connectivity index (χ4v) is 3.77. The Hall–Kier alpha value is -2.61. The molecule has 0 saturated heterocycles. The average molecular weight is 369 g/mol. The second-order valence-electron chi connectivity index (χ2n) is 6.23. The smallest absolute Gasteiger partial charge is 0.289 e. The Kier molecular flexibility index (Phi) is 4.75. The lowest BCUT2D eigenvalue weighted by atomic mass is 10.2. The van der Waals surface area contributed by atoms with Gasteiger partial charge in [0.05, 0.1) is 18.0 Å². The molecule has 0 aromatic carbocycles. The van der Waals surface area contributed by atoms with Gasteiger partial charge in [0.2, 0.25) is 0 Å². The summed E-state index contributed by atoms with van der Waals surface area (Å²) in [4.78, 5) is 22.6. The first-order valence-electron chi connectivity index (χ1n) is 8.49. The molecule has 1 N–H and O–H groups in total. The van der Waals surface area contributed by atoms with E-state index >= 15 is 0 Å². The number of hydrogen-bond acceptors (Lipinski definition) is 6. The quantitative estimate of drug-likeness (QED) is 0.531. The highest BCUT2D eigenvalue weighted by Crippen LogP contribution is 2.24. The molecule has 1 aliphatic rings. The molecule has 3 aromatic heterocycles. The first kappa shape index (κ1) is 16.8. The van der Waals surface area contributed by atoms with Crippen molar-refractivity contribution in [2.75, 3.05) is 7.05 Å². The lowest BCUT2D eigenvalue weighted by Crippen LogP contribution is -2.26. The number of furan rings is 1. The van der Waals surface area contributed by atoms with Crippen molar-refractivity contribution in [1.29, 1.82) is 0 Å². The first-order chi connectivity index (χ1) is 12.7. The number of rotatable bonds is 6. The molecular formula is C18H19N5O2S. The number of nitrogens with one attached hydrogen (secondary N) is 1. The van der Waals surface area contributed by atoms with E-state index in [4.69, 9.17) is 4.42 Å². The molecule has 0 bridgehead atoms. The average Bonchev–Trinajstić information content (AvgIpc) is 3.39. The van der Waals surface area contributed by atoms with Gasteiger partial charge in [0.1, 0.15) is 5.76 Å². The Morgan fingerprint density at radius 2 is 2.15 bits per heavy atom. The van der Waals surface area contributed by atoms with Gasteiger partial charge in [-0.25, -0.2) is 9.97 Å². The van der Waals surface area contributed by atoms with Crippen LogP contribution in [0.2, 0.25) is 0 Å². The monoisotopic (exact) mass is 369 g/mol. The minimum Gasteiger partial charge on any atom is -0.455 e. The summed E-state index contributed by atoms with van der Waals surface area (Å²) in [5.74, 6) is 1.49. The molecule has 3 heterocycles. The fourth-order valence-electron chi connectivity index (χ4n) is 3.07. The van der Waals surface area contributed by atoms with E-state index in [1.54, 1.807) is 36.5 Å². The summed E-state index contributed by atoms with van der Waals surface area (Å²) in [6.45, 7) is 0.479. The second kappa shape index (κ2) is 7.33. The molecule has 0 spiro atoms. The van der Waals surface area contributed by atoms with Gasteiger partial charge in [-0.05, 0) is 43.0 Å². The van der Waals surface area contributed by atoms with Crippen LogP contribution >= 0.6 is 11.8 Å². The lowest BCUT2D eigenvalue weighted by Gasteiger charge is -2.15. The van der Waals surface area contributed by atoms with Crippen molar-refractivity contribution in [2.24, 2.45) is 0 Å². The maximum absolute atomic E-state index is 12.6. The van der Waals surface area contributed by atoms with Crippen molar-refractivity contribution in [2.45, 2.75) is 36.7 Å². The topological polar surface area (TPSA) is 87.9 Å². The zero-order valence-electron chi connectivity index (χ0n) is 14.4. The molecule has 134 valence electrons. The van der Waals surface area contributed by atoms with Gasteiger partial charge in [0, 0.05) is 25.1 Å². The number of fused-ring (bicyclic) bond motifs is 1. The van der Waals surface area contributed by atoms with Crippen molar-refractivity contribution >= 4 is 17.7 Å². The van der Waals surface area contributed by atoms with Crippen LogP contribution < -0.4 is 0 Å². The second-order valence-corrected chi connectivity index (χ2v) is 7.17. The molecule has 26 heavy (non-hydrogen) atoms. The fraction of sp³-hybridized carbons (Fsp3) is 0.333. The number of nitrogens with zero attached hydrogens (tertiary/aromatic N) is 4. The number of H-pyrrole nitrogens is 1. The Balaban J connectivity index is 1.37. The summed E-state index contributed by atoms with van der Waals surface area (Å²) in [5.41, 5.74) is 3.43. The number of amides is 1. The standard InChI is InChI=1S/C18H19N5O2S/c1-23(10-15-13-4-2-5-14(13)21-22-15)17(24)16-7-6-12(25-16)11-26-18-19-8-3-9-20-18/h3,6-9H,2,4-5,10-11H2,1H3,(H,21,22). The van der Waals surface area contributed by atoms with Gasteiger partial charge in [-0.15, -0.1) is 0 Å². The highest BCUT2D eigenvalue weighted by molar-refractivity contribution is 7.98. The molecule has 0 radical (unpaired) electrons. The molecule has 7 nitrogen and oxygen atoms in total. The molecule has 3 aromatic rings. The largest absolute Gasteiger partial charge is 0.455 e. The molecule has 0 atom stereocenters. The molecular weight excluding hydrogens is 350 g/mol. The minimum atomic E-state index is -0.146. The van der Waals surface area contributed by atoms with Crippen LogP contribution in [0.5, 0.6) is 0 Å². The number of aromatic amines is 1. The van der Waals surface area contributed by atoms with E-state index in [-0.39, 0.29) is 5.91 Å². The maximum Gasteiger partial charge on any atom is 0.289 e. The van der Waals surface area contributed by atoms with E-state index < -0.39 is 0 Å². The maximum atomic E-state index is 12.6. The molecule has 0 unspecified atom stereocenters. The Bertz CT molecular complexity index is 905. The summed E-state index contributed by atoms with van der Waals surface area (Å²) < 4.78 is 5.70. The van der Waals surface area contributed by atoms with Gasteiger partial charge in [-0.2, -0.15) is 5.10 Å².